The molecular formula is C46H28O2. The zero-order valence-corrected chi connectivity index (χ0v) is 26.0. The molecule has 0 aliphatic rings. The van der Waals surface area contributed by atoms with Gasteiger partial charge in [0.05, 0.1) is 0 Å². The molecule has 8 aromatic carbocycles. The minimum atomic E-state index is 0.893. The molecule has 0 aliphatic carbocycles. The molecule has 0 radical (unpaired) electrons. The second kappa shape index (κ2) is 10.6. The minimum Gasteiger partial charge on any atom is -0.456 e. The molecule has 0 bridgehead atoms. The molecule has 0 unspecified atom stereocenters. The van der Waals surface area contributed by atoms with Crippen LogP contribution in [0.2, 0.25) is 0 Å². The van der Waals surface area contributed by atoms with Crippen molar-refractivity contribution in [2.45, 2.75) is 0 Å². The average molecular weight is 613 g/mol. The normalized spacial score (nSPS) is 11.8. The predicted molar refractivity (Wildman–Crippen MR) is 200 cm³/mol. The van der Waals surface area contributed by atoms with E-state index in [0.29, 0.717) is 0 Å². The molecule has 48 heavy (non-hydrogen) atoms. The fraction of sp³-hybridized carbons (Fsp3) is 0. The maximum Gasteiger partial charge on any atom is 0.136 e. The Balaban J connectivity index is 1.11. The van der Waals surface area contributed by atoms with Crippen LogP contribution in [0.15, 0.2) is 179 Å². The van der Waals surface area contributed by atoms with Gasteiger partial charge in [-0.1, -0.05) is 109 Å². The molecule has 10 rings (SSSR count). The van der Waals surface area contributed by atoms with Crippen molar-refractivity contribution in [3.8, 4) is 44.5 Å². The van der Waals surface area contributed by atoms with Gasteiger partial charge in [-0.15, -0.1) is 0 Å². The van der Waals surface area contributed by atoms with Gasteiger partial charge >= 0.3 is 0 Å². The summed E-state index contributed by atoms with van der Waals surface area (Å²) < 4.78 is 12.6. The third kappa shape index (κ3) is 4.42. The highest BCUT2D eigenvalue weighted by Gasteiger charge is 2.13. The third-order valence-corrected chi connectivity index (χ3v) is 9.66. The number of hydrogen-bond donors (Lipinski definition) is 0. The molecule has 0 atom stereocenters. The quantitative estimate of drug-likeness (QED) is 0.198. The van der Waals surface area contributed by atoms with E-state index < -0.39 is 0 Å². The van der Waals surface area contributed by atoms with Crippen molar-refractivity contribution in [1.82, 2.24) is 0 Å². The zero-order chi connectivity index (χ0) is 31.6. The van der Waals surface area contributed by atoms with Crippen LogP contribution in [0.3, 0.4) is 0 Å². The first kappa shape index (κ1) is 26.8. The van der Waals surface area contributed by atoms with Gasteiger partial charge in [0.1, 0.15) is 22.3 Å². The number of benzene rings is 8. The molecule has 0 spiro atoms. The lowest BCUT2D eigenvalue weighted by Crippen LogP contribution is -1.87. The van der Waals surface area contributed by atoms with Crippen LogP contribution < -0.4 is 0 Å². The highest BCUT2D eigenvalue weighted by atomic mass is 16.3. The van der Waals surface area contributed by atoms with Gasteiger partial charge in [-0.3, -0.25) is 0 Å². The summed E-state index contributed by atoms with van der Waals surface area (Å²) in [5.41, 5.74) is 12.8. The molecule has 0 saturated heterocycles. The van der Waals surface area contributed by atoms with Crippen LogP contribution in [0.25, 0.3) is 99.2 Å². The summed E-state index contributed by atoms with van der Waals surface area (Å²) >= 11 is 0. The minimum absolute atomic E-state index is 0.893. The molecular weight excluding hydrogens is 585 g/mol. The Morgan fingerprint density at radius 1 is 0.229 bits per heavy atom. The van der Waals surface area contributed by atoms with E-state index in [1.807, 2.05) is 24.3 Å². The Hall–Kier alpha value is -6.38. The third-order valence-electron chi connectivity index (χ3n) is 9.66. The van der Waals surface area contributed by atoms with Gasteiger partial charge in [-0.25, -0.2) is 0 Å². The molecule has 0 saturated carbocycles. The second-order valence-electron chi connectivity index (χ2n) is 12.6. The van der Waals surface area contributed by atoms with Crippen molar-refractivity contribution in [3.63, 3.8) is 0 Å². The van der Waals surface area contributed by atoms with Crippen molar-refractivity contribution in [1.29, 1.82) is 0 Å². The van der Waals surface area contributed by atoms with E-state index in [4.69, 9.17) is 8.83 Å². The van der Waals surface area contributed by atoms with Crippen LogP contribution in [-0.4, -0.2) is 0 Å². The molecule has 2 nitrogen and oxygen atoms in total. The maximum atomic E-state index is 6.29. The topological polar surface area (TPSA) is 26.3 Å². The van der Waals surface area contributed by atoms with Gasteiger partial charge < -0.3 is 8.83 Å². The van der Waals surface area contributed by atoms with Crippen LogP contribution in [0.1, 0.15) is 0 Å². The van der Waals surface area contributed by atoms with E-state index in [0.717, 1.165) is 77.3 Å². The van der Waals surface area contributed by atoms with Crippen LogP contribution in [0.4, 0.5) is 0 Å². The van der Waals surface area contributed by atoms with E-state index in [9.17, 15) is 0 Å². The summed E-state index contributed by atoms with van der Waals surface area (Å²) in [4.78, 5) is 0. The fourth-order valence-electron chi connectivity index (χ4n) is 7.16. The van der Waals surface area contributed by atoms with Gasteiger partial charge in [-0.05, 0) is 116 Å². The Bertz CT molecular complexity index is 2700. The fourth-order valence-corrected chi connectivity index (χ4v) is 7.16. The molecule has 0 aliphatic heterocycles. The first-order chi connectivity index (χ1) is 23.7. The Morgan fingerprint density at radius 2 is 0.625 bits per heavy atom. The Labute approximate surface area is 277 Å². The number of furan rings is 2. The van der Waals surface area contributed by atoms with Crippen molar-refractivity contribution in [2.24, 2.45) is 0 Å². The van der Waals surface area contributed by atoms with Gasteiger partial charge in [0.25, 0.3) is 0 Å². The molecule has 2 heteroatoms. The average Bonchev–Trinajstić information content (AvgIpc) is 3.72. The van der Waals surface area contributed by atoms with E-state index in [-0.39, 0.29) is 0 Å². The van der Waals surface area contributed by atoms with Gasteiger partial charge in [0.15, 0.2) is 0 Å². The zero-order valence-electron chi connectivity index (χ0n) is 26.0. The number of para-hydroxylation sites is 2. The highest BCUT2D eigenvalue weighted by molar-refractivity contribution is 6.07. The summed E-state index contributed by atoms with van der Waals surface area (Å²) in [6.07, 6.45) is 0. The Morgan fingerprint density at radius 3 is 1.21 bits per heavy atom. The summed E-state index contributed by atoms with van der Waals surface area (Å²) in [6, 6.07) is 60.6. The van der Waals surface area contributed by atoms with Crippen molar-refractivity contribution >= 4 is 54.6 Å². The number of hydrogen-bond acceptors (Lipinski definition) is 2. The van der Waals surface area contributed by atoms with E-state index >= 15 is 0 Å². The molecule has 224 valence electrons. The molecule has 0 N–H and O–H groups in total. The van der Waals surface area contributed by atoms with Gasteiger partial charge in [0, 0.05) is 21.5 Å². The van der Waals surface area contributed by atoms with Gasteiger partial charge in [0.2, 0.25) is 0 Å². The van der Waals surface area contributed by atoms with Crippen molar-refractivity contribution in [3.05, 3.63) is 170 Å². The lowest BCUT2D eigenvalue weighted by Gasteiger charge is -2.12. The van der Waals surface area contributed by atoms with Crippen LogP contribution in [0.5, 0.6) is 0 Å². The summed E-state index contributed by atoms with van der Waals surface area (Å²) in [7, 11) is 0. The summed E-state index contributed by atoms with van der Waals surface area (Å²) in [5.74, 6) is 0. The smallest absolute Gasteiger partial charge is 0.136 e. The van der Waals surface area contributed by atoms with E-state index in [1.165, 1.54) is 21.9 Å². The van der Waals surface area contributed by atoms with Crippen molar-refractivity contribution in [2.75, 3.05) is 0 Å². The number of rotatable bonds is 4. The summed E-state index contributed by atoms with van der Waals surface area (Å²) in [5, 5.41) is 7.04. The number of fused-ring (bicyclic) bond motifs is 7. The highest BCUT2D eigenvalue weighted by Crippen LogP contribution is 2.38. The van der Waals surface area contributed by atoms with Crippen LogP contribution in [0, 0.1) is 0 Å². The molecule has 2 aromatic heterocycles. The molecule has 2 heterocycles. The predicted octanol–water partition coefficient (Wildman–Crippen LogP) is 13.3. The maximum absolute atomic E-state index is 6.29. The largest absolute Gasteiger partial charge is 0.456 e. The second-order valence-corrected chi connectivity index (χ2v) is 12.6. The molecule has 10 aromatic rings. The van der Waals surface area contributed by atoms with Crippen LogP contribution in [-0.2, 0) is 0 Å². The molecule has 0 fully saturated rings. The molecule has 0 amide bonds. The first-order valence-electron chi connectivity index (χ1n) is 16.3. The first-order valence-corrected chi connectivity index (χ1v) is 16.3. The summed E-state index contributed by atoms with van der Waals surface area (Å²) in [6.45, 7) is 0. The van der Waals surface area contributed by atoms with E-state index in [2.05, 4.69) is 146 Å². The Kier molecular flexibility index (Phi) is 5.91. The lowest BCUT2D eigenvalue weighted by molar-refractivity contribution is 0.668. The SMILES string of the molecule is c1ccc2cc(-c3ccc(-c4cc(-c5ccc6c(c5)oc5ccccc56)cc(-c5ccc6c(c5)oc5ccccc56)c4)cc3)ccc2c1. The van der Waals surface area contributed by atoms with Crippen molar-refractivity contribution < 1.29 is 8.83 Å². The monoisotopic (exact) mass is 612 g/mol. The van der Waals surface area contributed by atoms with E-state index in [1.54, 1.807) is 0 Å². The van der Waals surface area contributed by atoms with Gasteiger partial charge in [-0.2, -0.15) is 0 Å². The lowest BCUT2D eigenvalue weighted by atomic mass is 9.92. The standard InChI is InChI=1S/C46H28O2/c1-2-8-32-23-33(18-17-29(32)7-1)30-13-15-31(16-14-30)36-24-37(34-19-21-41-39-9-3-5-11-43(39)47-45(41)27-34)26-38(25-36)35-20-22-42-40-10-4-6-12-44(40)48-46(42)28-35/h1-28H. The van der Waals surface area contributed by atoms with Crippen LogP contribution >= 0.6 is 0 Å².